The van der Waals surface area contributed by atoms with Gasteiger partial charge in [0.1, 0.15) is 5.75 Å². The molecule has 0 amide bonds. The van der Waals surface area contributed by atoms with Gasteiger partial charge in [0.05, 0.1) is 12.5 Å². The molecule has 1 rings (SSSR count). The van der Waals surface area contributed by atoms with E-state index in [0.717, 1.165) is 15.6 Å². The van der Waals surface area contributed by atoms with E-state index < -0.39 is 17.4 Å². The highest BCUT2D eigenvalue weighted by atomic mass is 79.9. The Bertz CT molecular complexity index is 512. The fourth-order valence-electron chi connectivity index (χ4n) is 2.10. The van der Waals surface area contributed by atoms with Gasteiger partial charge in [0.25, 0.3) is 0 Å². The van der Waals surface area contributed by atoms with Gasteiger partial charge in [-0.05, 0) is 44.9 Å². The SMILES string of the molecule is COC(=O)C(C)(C)[C@H](N)c1c(O)cc(C)c(Br)c1C. The lowest BCUT2D eigenvalue weighted by atomic mass is 9.79. The lowest BCUT2D eigenvalue weighted by molar-refractivity contribution is -0.152. The number of hydrogen-bond donors (Lipinski definition) is 2. The summed E-state index contributed by atoms with van der Waals surface area (Å²) in [4.78, 5) is 11.8. The van der Waals surface area contributed by atoms with E-state index in [1.165, 1.54) is 7.11 Å². The van der Waals surface area contributed by atoms with E-state index in [1.807, 2.05) is 13.8 Å². The van der Waals surface area contributed by atoms with Crippen LogP contribution in [-0.2, 0) is 9.53 Å². The minimum Gasteiger partial charge on any atom is -0.508 e. The average molecular weight is 330 g/mol. The minimum absolute atomic E-state index is 0.0997. The molecule has 0 aromatic heterocycles. The van der Waals surface area contributed by atoms with E-state index in [2.05, 4.69) is 15.9 Å². The molecule has 1 atom stereocenters. The molecule has 0 unspecified atom stereocenters. The number of carbonyl (C=O) groups is 1. The van der Waals surface area contributed by atoms with Crippen molar-refractivity contribution >= 4 is 21.9 Å². The number of aryl methyl sites for hydroxylation is 1. The molecule has 0 aliphatic rings. The maximum atomic E-state index is 11.8. The van der Waals surface area contributed by atoms with E-state index in [1.54, 1.807) is 19.9 Å². The van der Waals surface area contributed by atoms with Crippen molar-refractivity contribution in [3.63, 3.8) is 0 Å². The maximum absolute atomic E-state index is 11.8. The van der Waals surface area contributed by atoms with E-state index in [0.29, 0.717) is 5.56 Å². The van der Waals surface area contributed by atoms with Gasteiger partial charge in [-0.2, -0.15) is 0 Å². The monoisotopic (exact) mass is 329 g/mol. The highest BCUT2D eigenvalue weighted by Gasteiger charge is 2.38. The van der Waals surface area contributed by atoms with Crippen molar-refractivity contribution in [2.24, 2.45) is 11.1 Å². The van der Waals surface area contributed by atoms with Crippen molar-refractivity contribution in [2.45, 2.75) is 33.7 Å². The number of ether oxygens (including phenoxy) is 1. The summed E-state index contributed by atoms with van der Waals surface area (Å²) in [7, 11) is 1.33. The molecule has 3 N–H and O–H groups in total. The molecule has 1 aromatic carbocycles. The van der Waals surface area contributed by atoms with Crippen LogP contribution in [0.3, 0.4) is 0 Å². The molecular formula is C14H20BrNO3. The van der Waals surface area contributed by atoms with Gasteiger partial charge in [0.15, 0.2) is 0 Å². The topological polar surface area (TPSA) is 72.5 Å². The largest absolute Gasteiger partial charge is 0.508 e. The van der Waals surface area contributed by atoms with Crippen molar-refractivity contribution in [2.75, 3.05) is 7.11 Å². The Morgan fingerprint density at radius 1 is 1.47 bits per heavy atom. The minimum atomic E-state index is -0.925. The molecule has 0 bridgehead atoms. The number of phenols is 1. The fraction of sp³-hybridized carbons (Fsp3) is 0.500. The van der Waals surface area contributed by atoms with Crippen LogP contribution in [0.25, 0.3) is 0 Å². The second-order valence-electron chi connectivity index (χ2n) is 5.26. The standard InChI is InChI=1S/C14H20BrNO3/c1-7-6-9(17)10(8(2)11(7)15)12(16)14(3,4)13(18)19-5/h6,12,17H,16H2,1-5H3/t12-/m1/s1. The van der Waals surface area contributed by atoms with E-state index >= 15 is 0 Å². The lowest BCUT2D eigenvalue weighted by Crippen LogP contribution is -2.37. The van der Waals surface area contributed by atoms with Crippen molar-refractivity contribution in [1.82, 2.24) is 0 Å². The third-order valence-corrected chi connectivity index (χ3v) is 4.73. The molecule has 0 heterocycles. The lowest BCUT2D eigenvalue weighted by Gasteiger charge is -2.31. The Morgan fingerprint density at radius 2 is 2.00 bits per heavy atom. The number of rotatable bonds is 3. The molecule has 0 saturated heterocycles. The molecule has 1 aromatic rings. The summed E-state index contributed by atoms with van der Waals surface area (Å²) in [5, 5.41) is 10.1. The molecule has 0 aliphatic heterocycles. The Kier molecular flexibility index (Phi) is 4.63. The Balaban J connectivity index is 3.39. The summed E-state index contributed by atoms with van der Waals surface area (Å²) >= 11 is 3.47. The molecule has 19 heavy (non-hydrogen) atoms. The number of phenolic OH excluding ortho intramolecular Hbond substituents is 1. The van der Waals surface area contributed by atoms with Gasteiger partial charge >= 0.3 is 5.97 Å². The van der Waals surface area contributed by atoms with Gasteiger partial charge in [-0.25, -0.2) is 0 Å². The number of hydrogen-bond acceptors (Lipinski definition) is 4. The van der Waals surface area contributed by atoms with Gasteiger partial charge < -0.3 is 15.6 Å². The average Bonchev–Trinajstić information content (AvgIpc) is 2.34. The van der Waals surface area contributed by atoms with Gasteiger partial charge in [-0.3, -0.25) is 4.79 Å². The third-order valence-electron chi connectivity index (χ3n) is 3.51. The Morgan fingerprint density at radius 3 is 2.47 bits per heavy atom. The van der Waals surface area contributed by atoms with Crippen molar-refractivity contribution < 1.29 is 14.6 Å². The van der Waals surface area contributed by atoms with Crippen LogP contribution < -0.4 is 5.73 Å². The number of halogens is 1. The number of carbonyl (C=O) groups excluding carboxylic acids is 1. The van der Waals surface area contributed by atoms with Crippen LogP contribution in [0.4, 0.5) is 0 Å². The van der Waals surface area contributed by atoms with Crippen LogP contribution >= 0.6 is 15.9 Å². The Labute approximate surface area is 122 Å². The summed E-state index contributed by atoms with van der Waals surface area (Å²) < 4.78 is 5.66. The zero-order valence-corrected chi connectivity index (χ0v) is 13.5. The van der Waals surface area contributed by atoms with Crippen LogP contribution in [0, 0.1) is 19.3 Å². The number of aromatic hydroxyl groups is 1. The first kappa shape index (κ1) is 16.0. The first-order valence-electron chi connectivity index (χ1n) is 5.97. The molecule has 4 nitrogen and oxygen atoms in total. The van der Waals surface area contributed by atoms with Crippen LogP contribution in [-0.4, -0.2) is 18.2 Å². The zero-order valence-electron chi connectivity index (χ0n) is 11.9. The number of benzene rings is 1. The predicted molar refractivity (Wildman–Crippen MR) is 78.0 cm³/mol. The molecule has 0 saturated carbocycles. The quantitative estimate of drug-likeness (QED) is 0.836. The third kappa shape index (κ3) is 2.77. The Hall–Kier alpha value is -1.07. The first-order chi connectivity index (χ1) is 8.64. The number of nitrogens with two attached hydrogens (primary N) is 1. The summed E-state index contributed by atoms with van der Waals surface area (Å²) in [6, 6.07) is 0.983. The first-order valence-corrected chi connectivity index (χ1v) is 6.76. The van der Waals surface area contributed by atoms with Crippen molar-refractivity contribution in [3.8, 4) is 5.75 Å². The molecule has 5 heteroatoms. The second-order valence-corrected chi connectivity index (χ2v) is 6.05. The summed E-state index contributed by atoms with van der Waals surface area (Å²) in [5.74, 6) is -0.307. The van der Waals surface area contributed by atoms with E-state index in [9.17, 15) is 9.90 Å². The normalized spacial score (nSPS) is 13.2. The van der Waals surface area contributed by atoms with Crippen LogP contribution in [0.2, 0.25) is 0 Å². The fourth-order valence-corrected chi connectivity index (χ4v) is 2.42. The van der Waals surface area contributed by atoms with Crippen LogP contribution in [0.1, 0.15) is 36.6 Å². The van der Waals surface area contributed by atoms with Crippen LogP contribution in [0.5, 0.6) is 5.75 Å². The maximum Gasteiger partial charge on any atom is 0.313 e. The van der Waals surface area contributed by atoms with Crippen molar-refractivity contribution in [1.29, 1.82) is 0 Å². The number of esters is 1. The molecule has 0 radical (unpaired) electrons. The van der Waals surface area contributed by atoms with Gasteiger partial charge in [-0.15, -0.1) is 0 Å². The summed E-state index contributed by atoms with van der Waals surface area (Å²) in [6.45, 7) is 7.16. The van der Waals surface area contributed by atoms with Crippen LogP contribution in [0.15, 0.2) is 10.5 Å². The molecule has 106 valence electrons. The summed E-state index contributed by atoms with van der Waals surface area (Å²) in [6.07, 6.45) is 0. The smallest absolute Gasteiger partial charge is 0.313 e. The molecule has 0 fully saturated rings. The highest BCUT2D eigenvalue weighted by molar-refractivity contribution is 9.10. The molecular weight excluding hydrogens is 310 g/mol. The van der Waals surface area contributed by atoms with Gasteiger partial charge in [-0.1, -0.05) is 15.9 Å². The van der Waals surface area contributed by atoms with Crippen molar-refractivity contribution in [3.05, 3.63) is 27.2 Å². The van der Waals surface area contributed by atoms with Gasteiger partial charge in [0, 0.05) is 16.1 Å². The van der Waals surface area contributed by atoms with E-state index in [-0.39, 0.29) is 5.75 Å². The predicted octanol–water partition coefficient (Wildman–Crippen LogP) is 2.97. The van der Waals surface area contributed by atoms with E-state index in [4.69, 9.17) is 10.5 Å². The summed E-state index contributed by atoms with van der Waals surface area (Å²) in [5.41, 5.74) is 7.58. The molecule has 0 aliphatic carbocycles. The molecule has 0 spiro atoms. The highest BCUT2D eigenvalue weighted by Crippen LogP contribution is 2.41. The number of methoxy groups -OCH3 is 1. The zero-order chi connectivity index (χ0) is 15.0. The van der Waals surface area contributed by atoms with Gasteiger partial charge in [0.2, 0.25) is 0 Å². The second kappa shape index (κ2) is 5.51.